The fraction of sp³-hybridized carbons (Fsp3) is 0.500. The van der Waals surface area contributed by atoms with E-state index in [1.165, 1.54) is 0 Å². The average molecular weight is 275 g/mol. The van der Waals surface area contributed by atoms with Gasteiger partial charge in [-0.15, -0.1) is 0 Å². The minimum Gasteiger partial charge on any atom is -0.316 e. The van der Waals surface area contributed by atoms with Crippen LogP contribution in [0, 0.1) is 17.6 Å². The van der Waals surface area contributed by atoms with Gasteiger partial charge in [0.2, 0.25) is 0 Å². The molecular formula is C12H15F2NO2S. The Kier molecular flexibility index (Phi) is 3.68. The van der Waals surface area contributed by atoms with E-state index in [1.54, 1.807) is 7.05 Å². The van der Waals surface area contributed by atoms with Gasteiger partial charge in [-0.3, -0.25) is 0 Å². The first-order chi connectivity index (χ1) is 8.44. The third-order valence-electron chi connectivity index (χ3n) is 3.19. The Hall–Kier alpha value is -1.01. The maximum absolute atomic E-state index is 13.5. The summed E-state index contributed by atoms with van der Waals surface area (Å²) in [5.74, 6) is -1.62. The largest absolute Gasteiger partial charge is 0.316 e. The van der Waals surface area contributed by atoms with Crippen LogP contribution >= 0.6 is 0 Å². The molecule has 18 heavy (non-hydrogen) atoms. The molecule has 1 aliphatic rings. The van der Waals surface area contributed by atoms with Crippen LogP contribution in [0.3, 0.4) is 0 Å². The van der Waals surface area contributed by atoms with Crippen molar-refractivity contribution in [1.29, 1.82) is 0 Å². The molecule has 1 aromatic carbocycles. The van der Waals surface area contributed by atoms with Crippen molar-refractivity contribution in [3.8, 4) is 0 Å². The first kappa shape index (κ1) is 13.4. The van der Waals surface area contributed by atoms with E-state index in [0.717, 1.165) is 25.0 Å². The highest BCUT2D eigenvalue weighted by molar-refractivity contribution is 7.91. The van der Waals surface area contributed by atoms with Crippen LogP contribution in [0.4, 0.5) is 8.78 Å². The fourth-order valence-electron chi connectivity index (χ4n) is 2.01. The summed E-state index contributed by atoms with van der Waals surface area (Å²) in [4.78, 5) is -0.426. The minimum atomic E-state index is -3.73. The molecule has 1 saturated carbocycles. The molecule has 0 heterocycles. The van der Waals surface area contributed by atoms with Gasteiger partial charge in [-0.05, 0) is 37.9 Å². The van der Waals surface area contributed by atoms with Gasteiger partial charge in [-0.2, -0.15) is 0 Å². The van der Waals surface area contributed by atoms with Gasteiger partial charge >= 0.3 is 0 Å². The molecule has 1 atom stereocenters. The Bertz CT molecular complexity index is 541. The summed E-state index contributed by atoms with van der Waals surface area (Å²) in [5.41, 5.74) is 0. The van der Waals surface area contributed by atoms with Crippen LogP contribution in [0.2, 0.25) is 0 Å². The summed E-state index contributed by atoms with van der Waals surface area (Å²) in [7, 11) is -2.03. The third kappa shape index (κ3) is 2.87. The Morgan fingerprint density at radius 2 is 2.06 bits per heavy atom. The fourth-order valence-corrected chi connectivity index (χ4v) is 3.73. The second-order valence-electron chi connectivity index (χ2n) is 4.59. The van der Waals surface area contributed by atoms with Gasteiger partial charge in [0.15, 0.2) is 9.84 Å². The molecular weight excluding hydrogens is 260 g/mol. The molecule has 3 nitrogen and oxygen atoms in total. The Morgan fingerprint density at radius 3 is 2.56 bits per heavy atom. The van der Waals surface area contributed by atoms with E-state index in [1.807, 2.05) is 0 Å². The summed E-state index contributed by atoms with van der Waals surface area (Å²) in [6, 6.07) is 2.37. The zero-order valence-electron chi connectivity index (χ0n) is 9.99. The van der Waals surface area contributed by atoms with E-state index in [-0.39, 0.29) is 11.8 Å². The predicted octanol–water partition coefficient (Wildman–Crippen LogP) is 1.74. The summed E-state index contributed by atoms with van der Waals surface area (Å²) in [5, 5.41) is 2.95. The maximum atomic E-state index is 13.5. The lowest BCUT2D eigenvalue weighted by molar-refractivity contribution is 0.518. The average Bonchev–Trinajstić information content (AvgIpc) is 3.09. The van der Waals surface area contributed by atoms with Crippen LogP contribution < -0.4 is 5.32 Å². The predicted molar refractivity (Wildman–Crippen MR) is 64.0 cm³/mol. The molecule has 6 heteroatoms. The van der Waals surface area contributed by atoms with Crippen LogP contribution in [0.1, 0.15) is 12.8 Å². The number of sulfone groups is 1. The SMILES string of the molecule is CNC(CS(=O)(=O)c1ccc(F)cc1F)C1CC1. The highest BCUT2D eigenvalue weighted by Gasteiger charge is 2.34. The molecule has 1 unspecified atom stereocenters. The lowest BCUT2D eigenvalue weighted by Gasteiger charge is -2.15. The molecule has 0 spiro atoms. The van der Waals surface area contributed by atoms with Gasteiger partial charge in [0.05, 0.1) is 5.75 Å². The van der Waals surface area contributed by atoms with Crippen molar-refractivity contribution in [1.82, 2.24) is 5.32 Å². The lowest BCUT2D eigenvalue weighted by Crippen LogP contribution is -2.35. The molecule has 2 rings (SSSR count). The van der Waals surface area contributed by atoms with E-state index < -0.39 is 26.4 Å². The molecule has 0 aliphatic heterocycles. The van der Waals surface area contributed by atoms with Gasteiger partial charge in [0, 0.05) is 12.1 Å². The Labute approximate surface area is 105 Å². The van der Waals surface area contributed by atoms with Gasteiger partial charge < -0.3 is 5.32 Å². The van der Waals surface area contributed by atoms with E-state index in [2.05, 4.69) is 5.32 Å². The number of halogens is 2. The zero-order chi connectivity index (χ0) is 13.3. The summed E-state index contributed by atoms with van der Waals surface area (Å²) < 4.78 is 50.4. The maximum Gasteiger partial charge on any atom is 0.182 e. The smallest absolute Gasteiger partial charge is 0.182 e. The van der Waals surface area contributed by atoms with Crippen molar-refractivity contribution >= 4 is 9.84 Å². The highest BCUT2D eigenvalue weighted by atomic mass is 32.2. The van der Waals surface area contributed by atoms with Crippen molar-refractivity contribution in [2.45, 2.75) is 23.8 Å². The van der Waals surface area contributed by atoms with E-state index in [4.69, 9.17) is 0 Å². The van der Waals surface area contributed by atoms with Gasteiger partial charge in [-0.25, -0.2) is 17.2 Å². The van der Waals surface area contributed by atoms with E-state index in [9.17, 15) is 17.2 Å². The molecule has 0 aromatic heterocycles. The van der Waals surface area contributed by atoms with E-state index >= 15 is 0 Å². The number of hydrogen-bond acceptors (Lipinski definition) is 3. The third-order valence-corrected chi connectivity index (χ3v) is 4.99. The monoisotopic (exact) mass is 275 g/mol. The van der Waals surface area contributed by atoms with Crippen molar-refractivity contribution in [2.24, 2.45) is 5.92 Å². The normalized spacial score (nSPS) is 17.7. The van der Waals surface area contributed by atoms with Crippen molar-refractivity contribution in [3.05, 3.63) is 29.8 Å². The molecule has 1 N–H and O–H groups in total. The summed E-state index contributed by atoms with van der Waals surface area (Å²) >= 11 is 0. The van der Waals surface area contributed by atoms with Crippen molar-refractivity contribution < 1.29 is 17.2 Å². The molecule has 0 radical (unpaired) electrons. The molecule has 0 saturated heterocycles. The number of benzene rings is 1. The Balaban J connectivity index is 2.24. The highest BCUT2D eigenvalue weighted by Crippen LogP contribution is 2.34. The molecule has 0 bridgehead atoms. The standard InChI is InChI=1S/C12H15F2NO2S/c1-15-11(8-2-3-8)7-18(16,17)12-5-4-9(13)6-10(12)14/h4-6,8,11,15H,2-3,7H2,1H3. The quantitative estimate of drug-likeness (QED) is 0.833. The molecule has 0 amide bonds. The molecule has 100 valence electrons. The first-order valence-electron chi connectivity index (χ1n) is 5.79. The topological polar surface area (TPSA) is 46.2 Å². The van der Waals surface area contributed by atoms with Crippen LogP contribution in [0.25, 0.3) is 0 Å². The molecule has 1 fully saturated rings. The van der Waals surface area contributed by atoms with Gasteiger partial charge in [0.25, 0.3) is 0 Å². The Morgan fingerprint density at radius 1 is 1.39 bits per heavy atom. The van der Waals surface area contributed by atoms with Crippen LogP contribution in [-0.4, -0.2) is 27.3 Å². The second-order valence-corrected chi connectivity index (χ2v) is 6.59. The van der Waals surface area contributed by atoms with Gasteiger partial charge in [0.1, 0.15) is 16.5 Å². The van der Waals surface area contributed by atoms with Crippen molar-refractivity contribution in [2.75, 3.05) is 12.8 Å². The van der Waals surface area contributed by atoms with Crippen LogP contribution in [0.15, 0.2) is 23.1 Å². The van der Waals surface area contributed by atoms with Crippen LogP contribution in [0.5, 0.6) is 0 Å². The summed E-state index contributed by atoms with van der Waals surface area (Å²) in [6.07, 6.45) is 1.99. The van der Waals surface area contributed by atoms with Crippen molar-refractivity contribution in [3.63, 3.8) is 0 Å². The minimum absolute atomic E-state index is 0.156. The number of rotatable bonds is 5. The van der Waals surface area contributed by atoms with E-state index in [0.29, 0.717) is 12.0 Å². The summed E-state index contributed by atoms with van der Waals surface area (Å²) in [6.45, 7) is 0. The lowest BCUT2D eigenvalue weighted by atomic mass is 10.2. The number of hydrogen-bond donors (Lipinski definition) is 1. The first-order valence-corrected chi connectivity index (χ1v) is 7.44. The molecule has 1 aromatic rings. The van der Waals surface area contributed by atoms with Crippen LogP contribution in [-0.2, 0) is 9.84 Å². The molecule has 1 aliphatic carbocycles. The second kappa shape index (κ2) is 4.93. The zero-order valence-corrected chi connectivity index (χ0v) is 10.8. The van der Waals surface area contributed by atoms with Gasteiger partial charge in [-0.1, -0.05) is 0 Å². The number of nitrogens with one attached hydrogen (secondary N) is 1.